The zero-order chi connectivity index (χ0) is 28.8. The van der Waals surface area contributed by atoms with Gasteiger partial charge in [-0.2, -0.15) is 13.2 Å². The fourth-order valence-corrected chi connectivity index (χ4v) is 5.77. The predicted molar refractivity (Wildman–Crippen MR) is 132 cm³/mol. The largest absolute Gasteiger partial charge is 0.421 e. The van der Waals surface area contributed by atoms with E-state index in [1.165, 1.54) is 29.2 Å². The van der Waals surface area contributed by atoms with Crippen molar-refractivity contribution in [3.8, 4) is 0 Å². The number of rotatable bonds is 5. The molecular formula is C26H22F6N4O3S. The first kappa shape index (κ1) is 27.9. The topological polar surface area (TPSA) is 76.8 Å². The third-order valence-electron chi connectivity index (χ3n) is 7.05. The number of piperidine rings is 1. The molecule has 14 heteroatoms. The Bertz CT molecular complexity index is 1520. The van der Waals surface area contributed by atoms with Gasteiger partial charge in [0, 0.05) is 42.1 Å². The Labute approximate surface area is 227 Å². The van der Waals surface area contributed by atoms with E-state index >= 15 is 0 Å². The Morgan fingerprint density at radius 1 is 1.12 bits per heavy atom. The normalized spacial score (nSPS) is 18.1. The highest BCUT2D eigenvalue weighted by molar-refractivity contribution is 7.10. The number of amides is 1. The third kappa shape index (κ3) is 5.49. The molecule has 2 aromatic heterocycles. The molecule has 0 aliphatic carbocycles. The first-order valence-electron chi connectivity index (χ1n) is 12.3. The highest BCUT2D eigenvalue weighted by Gasteiger charge is 2.35. The lowest BCUT2D eigenvalue weighted by molar-refractivity contribution is -0.139. The van der Waals surface area contributed by atoms with Gasteiger partial charge in [-0.05, 0) is 44.0 Å². The predicted octanol–water partition coefficient (Wildman–Crippen LogP) is 5.32. The zero-order valence-electron chi connectivity index (χ0n) is 21.0. The van der Waals surface area contributed by atoms with E-state index in [1.54, 1.807) is 5.38 Å². The standard InChI is InChI=1S/C26H22F6N4O3S/c1-13-2-3-16(26(30,31)32)25(38)36(13)11-22(37)35-6-4-14(5-7-35)24-33-20(12-40-24)19-10-21(39-34-19)15-8-17(27)23(29)18(28)9-15/h2-3,8-9,12,14,21H,4-7,10-11H2,1H3. The molecule has 5 rings (SSSR count). The molecular weight excluding hydrogens is 562 g/mol. The maximum Gasteiger partial charge on any atom is 0.421 e. The van der Waals surface area contributed by atoms with Crippen LogP contribution in [0.4, 0.5) is 26.3 Å². The maximum absolute atomic E-state index is 13.6. The smallest absolute Gasteiger partial charge is 0.387 e. The monoisotopic (exact) mass is 584 g/mol. The summed E-state index contributed by atoms with van der Waals surface area (Å²) in [5.41, 5.74) is -1.17. The van der Waals surface area contributed by atoms with Crippen LogP contribution in [0.5, 0.6) is 0 Å². The third-order valence-corrected chi connectivity index (χ3v) is 8.06. The molecule has 0 saturated carbocycles. The summed E-state index contributed by atoms with van der Waals surface area (Å²) in [4.78, 5) is 36.6. The molecule has 1 fully saturated rings. The number of carbonyl (C=O) groups is 1. The van der Waals surface area contributed by atoms with Crippen LogP contribution in [-0.4, -0.2) is 39.2 Å². The van der Waals surface area contributed by atoms with E-state index in [-0.39, 0.29) is 23.6 Å². The van der Waals surface area contributed by atoms with Gasteiger partial charge in [-0.15, -0.1) is 11.3 Å². The number of halogens is 6. The number of nitrogens with zero attached hydrogens (tertiary/aromatic N) is 4. The summed E-state index contributed by atoms with van der Waals surface area (Å²) in [5.74, 6) is -4.60. The molecule has 2 aliphatic heterocycles. The quantitative estimate of drug-likeness (QED) is 0.301. The number of thiazole rings is 1. The molecule has 1 aromatic carbocycles. The average molecular weight is 585 g/mol. The molecule has 212 valence electrons. The Morgan fingerprint density at radius 3 is 2.45 bits per heavy atom. The fourth-order valence-electron chi connectivity index (χ4n) is 4.77. The van der Waals surface area contributed by atoms with Crippen molar-refractivity contribution < 1.29 is 36.0 Å². The molecule has 0 radical (unpaired) electrons. The number of aromatic nitrogens is 2. The van der Waals surface area contributed by atoms with Crippen LogP contribution in [0.2, 0.25) is 0 Å². The number of pyridine rings is 1. The molecule has 1 unspecified atom stereocenters. The summed E-state index contributed by atoms with van der Waals surface area (Å²) in [5, 5.41) is 6.57. The maximum atomic E-state index is 13.6. The molecule has 1 amide bonds. The van der Waals surface area contributed by atoms with Crippen molar-refractivity contribution in [3.63, 3.8) is 0 Å². The van der Waals surface area contributed by atoms with Gasteiger partial charge in [0.05, 0.1) is 10.7 Å². The van der Waals surface area contributed by atoms with E-state index in [1.807, 2.05) is 0 Å². The number of benzene rings is 1. The summed E-state index contributed by atoms with van der Waals surface area (Å²) in [7, 11) is 0. The number of aryl methyl sites for hydroxylation is 1. The minimum absolute atomic E-state index is 0.0276. The van der Waals surface area contributed by atoms with Crippen LogP contribution < -0.4 is 5.56 Å². The molecule has 1 saturated heterocycles. The van der Waals surface area contributed by atoms with Gasteiger partial charge < -0.3 is 14.3 Å². The lowest BCUT2D eigenvalue weighted by Gasteiger charge is -2.31. The van der Waals surface area contributed by atoms with Crippen molar-refractivity contribution >= 4 is 23.0 Å². The van der Waals surface area contributed by atoms with Crippen LogP contribution >= 0.6 is 11.3 Å². The number of likely N-dealkylation sites (tertiary alicyclic amines) is 1. The van der Waals surface area contributed by atoms with Crippen LogP contribution in [-0.2, 0) is 22.4 Å². The Kier molecular flexibility index (Phi) is 7.46. The fraction of sp³-hybridized carbons (Fsp3) is 0.385. The first-order valence-corrected chi connectivity index (χ1v) is 13.2. The van der Waals surface area contributed by atoms with Crippen molar-refractivity contribution in [2.75, 3.05) is 13.1 Å². The first-order chi connectivity index (χ1) is 18.9. The highest BCUT2D eigenvalue weighted by atomic mass is 32.1. The Hall–Kier alpha value is -3.68. The van der Waals surface area contributed by atoms with Gasteiger partial charge in [0.2, 0.25) is 5.91 Å². The van der Waals surface area contributed by atoms with E-state index in [2.05, 4.69) is 10.1 Å². The van der Waals surface area contributed by atoms with Crippen LogP contribution in [0.1, 0.15) is 58.8 Å². The summed E-state index contributed by atoms with van der Waals surface area (Å²) in [6.45, 7) is 1.68. The number of oxime groups is 1. The summed E-state index contributed by atoms with van der Waals surface area (Å²) in [6.07, 6.45) is -4.28. The SMILES string of the molecule is Cc1ccc(C(F)(F)F)c(=O)n1CC(=O)N1CCC(c2nc(C3=NOC(c4cc(F)c(F)c(F)c4)C3)cs2)CC1. The van der Waals surface area contributed by atoms with E-state index in [4.69, 9.17) is 4.84 Å². The van der Waals surface area contributed by atoms with Crippen molar-refractivity contribution in [1.29, 1.82) is 0 Å². The molecule has 0 bridgehead atoms. The second-order valence-corrected chi connectivity index (χ2v) is 10.5. The number of alkyl halides is 3. The molecule has 2 aliphatic rings. The average Bonchev–Trinajstić information content (AvgIpc) is 3.59. The summed E-state index contributed by atoms with van der Waals surface area (Å²) < 4.78 is 80.7. The molecule has 7 nitrogen and oxygen atoms in total. The number of carbonyl (C=O) groups excluding carboxylic acids is 1. The zero-order valence-corrected chi connectivity index (χ0v) is 21.8. The molecule has 4 heterocycles. The molecule has 3 aromatic rings. The number of hydrogen-bond donors (Lipinski definition) is 0. The van der Waals surface area contributed by atoms with Gasteiger partial charge in [-0.1, -0.05) is 5.16 Å². The van der Waals surface area contributed by atoms with Gasteiger partial charge in [0.25, 0.3) is 5.56 Å². The Balaban J connectivity index is 1.19. The van der Waals surface area contributed by atoms with Gasteiger partial charge >= 0.3 is 6.18 Å². The summed E-state index contributed by atoms with van der Waals surface area (Å²) in [6, 6.07) is 3.63. The van der Waals surface area contributed by atoms with E-state index in [0.29, 0.717) is 37.3 Å². The second-order valence-electron chi connectivity index (χ2n) is 9.64. The van der Waals surface area contributed by atoms with Gasteiger partial charge in [0.1, 0.15) is 17.8 Å². The number of hydrogen-bond acceptors (Lipinski definition) is 6. The minimum atomic E-state index is -4.81. The van der Waals surface area contributed by atoms with Crippen molar-refractivity contribution in [3.05, 3.63) is 85.0 Å². The van der Waals surface area contributed by atoms with Gasteiger partial charge in [-0.25, -0.2) is 18.2 Å². The molecule has 1 atom stereocenters. The highest BCUT2D eigenvalue weighted by Crippen LogP contribution is 2.34. The van der Waals surface area contributed by atoms with Crippen LogP contribution in [0.15, 0.2) is 39.6 Å². The summed E-state index contributed by atoms with van der Waals surface area (Å²) >= 11 is 1.39. The second kappa shape index (κ2) is 10.7. The van der Waals surface area contributed by atoms with Crippen molar-refractivity contribution in [1.82, 2.24) is 14.5 Å². The van der Waals surface area contributed by atoms with Crippen molar-refractivity contribution in [2.24, 2.45) is 5.16 Å². The van der Waals surface area contributed by atoms with Gasteiger partial charge in [-0.3, -0.25) is 9.59 Å². The van der Waals surface area contributed by atoms with Gasteiger partial charge in [0.15, 0.2) is 23.6 Å². The molecule has 0 N–H and O–H groups in total. The Morgan fingerprint density at radius 2 is 1.80 bits per heavy atom. The lowest BCUT2D eigenvalue weighted by atomic mass is 9.97. The van der Waals surface area contributed by atoms with Crippen LogP contribution in [0.3, 0.4) is 0 Å². The lowest BCUT2D eigenvalue weighted by Crippen LogP contribution is -2.42. The van der Waals surface area contributed by atoms with Crippen LogP contribution in [0, 0.1) is 24.4 Å². The van der Waals surface area contributed by atoms with E-state index < -0.39 is 53.3 Å². The minimum Gasteiger partial charge on any atom is -0.387 e. The van der Waals surface area contributed by atoms with Crippen LogP contribution in [0.25, 0.3) is 0 Å². The van der Waals surface area contributed by atoms with Crippen molar-refractivity contribution in [2.45, 2.75) is 50.9 Å². The molecule has 40 heavy (non-hydrogen) atoms. The van der Waals surface area contributed by atoms with E-state index in [0.717, 1.165) is 27.8 Å². The van der Waals surface area contributed by atoms with E-state index in [9.17, 15) is 35.9 Å². The molecule has 0 spiro atoms.